The summed E-state index contributed by atoms with van der Waals surface area (Å²) >= 11 is 0. The fraction of sp³-hybridized carbons (Fsp3) is 0.545. The zero-order valence-corrected chi connectivity index (χ0v) is 10.2. The Balaban J connectivity index is 4.39. The first-order valence-corrected chi connectivity index (χ1v) is 5.30. The van der Waals surface area contributed by atoms with Crippen LogP contribution in [0.15, 0.2) is 12.2 Å². The van der Waals surface area contributed by atoms with Gasteiger partial charge in [0.05, 0.1) is 0 Å². The molecule has 0 aromatic heterocycles. The number of rotatable bonds is 6. The predicted octanol–water partition coefficient (Wildman–Crippen LogP) is 0.0466. The van der Waals surface area contributed by atoms with Crippen molar-refractivity contribution in [2.75, 3.05) is 0 Å². The van der Waals surface area contributed by atoms with Gasteiger partial charge in [0, 0.05) is 6.92 Å². The van der Waals surface area contributed by atoms with Crippen LogP contribution in [0.1, 0.15) is 27.2 Å². The summed E-state index contributed by atoms with van der Waals surface area (Å²) in [4.78, 5) is 33.1. The molecule has 0 saturated carbocycles. The van der Waals surface area contributed by atoms with Gasteiger partial charge in [0.2, 0.25) is 11.8 Å². The lowest BCUT2D eigenvalue weighted by Crippen LogP contribution is -2.49. The highest BCUT2D eigenvalue weighted by Crippen LogP contribution is 1.96. The van der Waals surface area contributed by atoms with Crippen LogP contribution >= 0.6 is 0 Å². The fourth-order valence-corrected chi connectivity index (χ4v) is 1.16. The molecule has 6 nitrogen and oxygen atoms in total. The van der Waals surface area contributed by atoms with Crippen LogP contribution in [-0.4, -0.2) is 35.0 Å². The molecule has 0 rings (SSSR count). The van der Waals surface area contributed by atoms with Crippen molar-refractivity contribution in [3.63, 3.8) is 0 Å². The highest BCUT2D eigenvalue weighted by Gasteiger charge is 2.21. The largest absolute Gasteiger partial charge is 0.480 e. The zero-order chi connectivity index (χ0) is 13.4. The van der Waals surface area contributed by atoms with E-state index in [-0.39, 0.29) is 12.3 Å². The molecule has 0 radical (unpaired) electrons. The molecule has 0 heterocycles. The first kappa shape index (κ1) is 15.2. The van der Waals surface area contributed by atoms with Gasteiger partial charge in [-0.05, 0) is 20.3 Å². The first-order valence-electron chi connectivity index (χ1n) is 5.30. The summed E-state index contributed by atoms with van der Waals surface area (Å²) in [5.74, 6) is -1.96. The maximum atomic E-state index is 11.5. The molecule has 0 bridgehead atoms. The molecule has 2 atom stereocenters. The third-order valence-electron chi connectivity index (χ3n) is 2.04. The number of carbonyl (C=O) groups excluding carboxylic acids is 2. The van der Waals surface area contributed by atoms with Gasteiger partial charge in [0.15, 0.2) is 0 Å². The molecule has 0 aliphatic carbocycles. The maximum absolute atomic E-state index is 11.5. The fourth-order valence-electron chi connectivity index (χ4n) is 1.16. The molecule has 2 amide bonds. The monoisotopic (exact) mass is 242 g/mol. The molecular formula is C11H18N2O4. The molecule has 0 saturated heterocycles. The van der Waals surface area contributed by atoms with Crippen molar-refractivity contribution >= 4 is 17.8 Å². The zero-order valence-electron chi connectivity index (χ0n) is 10.2. The molecule has 96 valence electrons. The van der Waals surface area contributed by atoms with Crippen LogP contribution in [0.25, 0.3) is 0 Å². The van der Waals surface area contributed by atoms with Crippen LogP contribution in [0.4, 0.5) is 0 Å². The smallest absolute Gasteiger partial charge is 0.326 e. The normalized spacial score (nSPS) is 14.1. The van der Waals surface area contributed by atoms with Crippen LogP contribution in [-0.2, 0) is 14.4 Å². The second kappa shape index (κ2) is 7.43. The van der Waals surface area contributed by atoms with E-state index < -0.39 is 24.0 Å². The third-order valence-corrected chi connectivity index (χ3v) is 2.04. The van der Waals surface area contributed by atoms with Gasteiger partial charge in [0.25, 0.3) is 0 Å². The summed E-state index contributed by atoms with van der Waals surface area (Å²) in [6.07, 6.45) is 3.58. The molecule has 0 aliphatic rings. The van der Waals surface area contributed by atoms with Gasteiger partial charge in [0.1, 0.15) is 12.1 Å². The third kappa shape index (κ3) is 6.34. The van der Waals surface area contributed by atoms with E-state index in [4.69, 9.17) is 5.11 Å². The van der Waals surface area contributed by atoms with Crippen molar-refractivity contribution in [1.29, 1.82) is 0 Å². The van der Waals surface area contributed by atoms with Gasteiger partial charge in [-0.1, -0.05) is 12.2 Å². The van der Waals surface area contributed by atoms with E-state index in [1.165, 1.54) is 13.8 Å². The average Bonchev–Trinajstić information content (AvgIpc) is 2.22. The van der Waals surface area contributed by atoms with Gasteiger partial charge < -0.3 is 15.7 Å². The number of hydrogen-bond donors (Lipinski definition) is 3. The molecule has 3 N–H and O–H groups in total. The molecule has 0 fully saturated rings. The molecule has 2 unspecified atom stereocenters. The Hall–Kier alpha value is -1.85. The van der Waals surface area contributed by atoms with Gasteiger partial charge in [-0.25, -0.2) is 4.79 Å². The standard InChI is InChI=1S/C11H18N2O4/c1-4-5-6-9(11(16)17)13-10(15)7(2)12-8(3)14/h4-5,7,9H,6H2,1-3H3,(H,12,14)(H,13,15)(H,16,17)/b5-4+. The van der Waals surface area contributed by atoms with Gasteiger partial charge in [-0.3, -0.25) is 9.59 Å². The lowest BCUT2D eigenvalue weighted by molar-refractivity contribution is -0.142. The van der Waals surface area contributed by atoms with Gasteiger partial charge >= 0.3 is 5.97 Å². The van der Waals surface area contributed by atoms with E-state index in [0.29, 0.717) is 0 Å². The Kier molecular flexibility index (Phi) is 6.62. The van der Waals surface area contributed by atoms with Gasteiger partial charge in [-0.2, -0.15) is 0 Å². The van der Waals surface area contributed by atoms with Crippen molar-refractivity contribution in [2.24, 2.45) is 0 Å². The van der Waals surface area contributed by atoms with E-state index in [0.717, 1.165) is 0 Å². The summed E-state index contributed by atoms with van der Waals surface area (Å²) in [5, 5.41) is 13.6. The second-order valence-corrected chi connectivity index (χ2v) is 3.63. The SMILES string of the molecule is C/C=C/CC(NC(=O)C(C)NC(C)=O)C(=O)O. The number of carbonyl (C=O) groups is 3. The summed E-state index contributed by atoms with van der Waals surface area (Å²) in [5.41, 5.74) is 0. The minimum atomic E-state index is -1.11. The summed E-state index contributed by atoms with van der Waals surface area (Å²) in [7, 11) is 0. The molecule has 17 heavy (non-hydrogen) atoms. The molecular weight excluding hydrogens is 224 g/mol. The number of allylic oxidation sites excluding steroid dienone is 1. The number of hydrogen-bond acceptors (Lipinski definition) is 3. The minimum Gasteiger partial charge on any atom is -0.480 e. The van der Waals surface area contributed by atoms with E-state index in [2.05, 4.69) is 10.6 Å². The van der Waals surface area contributed by atoms with E-state index in [1.807, 2.05) is 0 Å². The van der Waals surface area contributed by atoms with Crippen molar-refractivity contribution in [1.82, 2.24) is 10.6 Å². The van der Waals surface area contributed by atoms with Crippen molar-refractivity contribution < 1.29 is 19.5 Å². The Morgan fingerprint density at radius 1 is 1.29 bits per heavy atom. The quantitative estimate of drug-likeness (QED) is 0.573. The van der Waals surface area contributed by atoms with Crippen LogP contribution in [0.5, 0.6) is 0 Å². The summed E-state index contributed by atoms with van der Waals surface area (Å²) in [6, 6.07) is -1.73. The van der Waals surface area contributed by atoms with Crippen molar-refractivity contribution in [3.8, 4) is 0 Å². The number of aliphatic carboxylic acids is 1. The lowest BCUT2D eigenvalue weighted by Gasteiger charge is -2.17. The van der Waals surface area contributed by atoms with E-state index >= 15 is 0 Å². The average molecular weight is 242 g/mol. The minimum absolute atomic E-state index is 0.213. The number of amides is 2. The van der Waals surface area contributed by atoms with Crippen molar-refractivity contribution in [2.45, 2.75) is 39.3 Å². The Labute approximate surface area is 100 Å². The van der Waals surface area contributed by atoms with E-state index in [9.17, 15) is 14.4 Å². The maximum Gasteiger partial charge on any atom is 0.326 e. The first-order chi connectivity index (χ1) is 7.88. The van der Waals surface area contributed by atoms with Crippen LogP contribution < -0.4 is 10.6 Å². The number of nitrogens with one attached hydrogen (secondary N) is 2. The van der Waals surface area contributed by atoms with Crippen LogP contribution in [0, 0.1) is 0 Å². The van der Waals surface area contributed by atoms with Gasteiger partial charge in [-0.15, -0.1) is 0 Å². The molecule has 0 aromatic carbocycles. The number of carboxylic acid groups (broad SMARTS) is 1. The Morgan fingerprint density at radius 2 is 1.88 bits per heavy atom. The van der Waals surface area contributed by atoms with E-state index in [1.54, 1.807) is 19.1 Å². The summed E-state index contributed by atoms with van der Waals surface area (Å²) < 4.78 is 0. The molecule has 0 aromatic rings. The number of carboxylic acids is 1. The van der Waals surface area contributed by atoms with Crippen LogP contribution in [0.2, 0.25) is 0 Å². The molecule has 0 spiro atoms. The lowest BCUT2D eigenvalue weighted by atomic mass is 10.2. The van der Waals surface area contributed by atoms with Crippen LogP contribution in [0.3, 0.4) is 0 Å². The predicted molar refractivity (Wildman–Crippen MR) is 62.3 cm³/mol. The Bertz CT molecular complexity index is 325. The summed E-state index contributed by atoms with van der Waals surface area (Å²) in [6.45, 7) is 4.55. The highest BCUT2D eigenvalue weighted by atomic mass is 16.4. The topological polar surface area (TPSA) is 95.5 Å². The Morgan fingerprint density at radius 3 is 2.29 bits per heavy atom. The second-order valence-electron chi connectivity index (χ2n) is 3.63. The van der Waals surface area contributed by atoms with Crippen molar-refractivity contribution in [3.05, 3.63) is 12.2 Å². The molecule has 6 heteroatoms. The molecule has 0 aliphatic heterocycles. The highest BCUT2D eigenvalue weighted by molar-refractivity contribution is 5.89.